The fourth-order valence-corrected chi connectivity index (χ4v) is 4.23. The molecule has 2 aromatic heterocycles. The van der Waals surface area contributed by atoms with E-state index in [1.165, 1.54) is 12.3 Å². The van der Waals surface area contributed by atoms with E-state index in [1.54, 1.807) is 30.5 Å². The van der Waals surface area contributed by atoms with Crippen LogP contribution in [0, 0.1) is 0 Å². The Bertz CT molecular complexity index is 1150. The van der Waals surface area contributed by atoms with E-state index in [9.17, 15) is 8.42 Å². The molecule has 130 valence electrons. The van der Waals surface area contributed by atoms with Crippen LogP contribution in [0.15, 0.2) is 83.0 Å². The van der Waals surface area contributed by atoms with Gasteiger partial charge >= 0.3 is 0 Å². The summed E-state index contributed by atoms with van der Waals surface area (Å²) in [5.74, 6) is 0. The minimum absolute atomic E-state index is 0.0410. The van der Waals surface area contributed by atoms with Gasteiger partial charge in [0.25, 0.3) is 0 Å². The van der Waals surface area contributed by atoms with Gasteiger partial charge in [-0.3, -0.25) is 5.10 Å². The average molecular weight is 384 g/mol. The van der Waals surface area contributed by atoms with E-state index in [4.69, 9.17) is 11.6 Å². The highest BCUT2D eigenvalue weighted by atomic mass is 35.5. The third-order valence-corrected chi connectivity index (χ3v) is 6.02. The van der Waals surface area contributed by atoms with Crippen molar-refractivity contribution < 1.29 is 8.42 Å². The van der Waals surface area contributed by atoms with Crippen LogP contribution >= 0.6 is 11.6 Å². The molecule has 0 amide bonds. The minimum Gasteiger partial charge on any atom is -0.366 e. The molecule has 2 heterocycles. The van der Waals surface area contributed by atoms with Gasteiger partial charge in [-0.25, -0.2) is 8.42 Å². The Morgan fingerprint density at radius 2 is 1.62 bits per heavy atom. The molecule has 5 nitrogen and oxygen atoms in total. The van der Waals surface area contributed by atoms with Crippen LogP contribution in [0.25, 0.3) is 22.4 Å². The van der Waals surface area contributed by atoms with Crippen LogP contribution in [0.1, 0.15) is 0 Å². The second kappa shape index (κ2) is 6.48. The number of halogens is 1. The zero-order valence-electron chi connectivity index (χ0n) is 13.5. The smallest absolute Gasteiger partial charge is 0.225 e. The highest BCUT2D eigenvalue weighted by Gasteiger charge is 2.25. The molecular formula is C19H14ClN3O2S. The van der Waals surface area contributed by atoms with E-state index < -0.39 is 9.84 Å². The summed E-state index contributed by atoms with van der Waals surface area (Å²) in [7, 11) is -3.75. The largest absolute Gasteiger partial charge is 0.366 e. The summed E-state index contributed by atoms with van der Waals surface area (Å²) < 4.78 is 26.2. The lowest BCUT2D eigenvalue weighted by Gasteiger charge is -2.04. The number of sulfone groups is 1. The number of nitrogens with zero attached hydrogens (tertiary/aromatic N) is 1. The van der Waals surface area contributed by atoms with Gasteiger partial charge in [0.15, 0.2) is 5.03 Å². The van der Waals surface area contributed by atoms with E-state index in [1.807, 2.05) is 30.3 Å². The lowest BCUT2D eigenvalue weighted by atomic mass is 10.1. The molecule has 0 fully saturated rings. The summed E-state index contributed by atoms with van der Waals surface area (Å²) in [4.78, 5) is 3.09. The number of hydrogen-bond acceptors (Lipinski definition) is 3. The molecule has 0 aliphatic rings. The fourth-order valence-electron chi connectivity index (χ4n) is 2.74. The highest BCUT2D eigenvalue weighted by molar-refractivity contribution is 7.91. The van der Waals surface area contributed by atoms with Gasteiger partial charge in [0.05, 0.1) is 10.6 Å². The van der Waals surface area contributed by atoms with E-state index in [0.717, 1.165) is 11.1 Å². The lowest BCUT2D eigenvalue weighted by molar-refractivity contribution is 0.592. The number of aromatic nitrogens is 3. The Morgan fingerprint density at radius 1 is 0.885 bits per heavy atom. The monoisotopic (exact) mass is 383 g/mol. The zero-order chi connectivity index (χ0) is 18.1. The zero-order valence-corrected chi connectivity index (χ0v) is 15.1. The summed E-state index contributed by atoms with van der Waals surface area (Å²) in [6.07, 6.45) is 3.17. The van der Waals surface area contributed by atoms with Crippen molar-refractivity contribution in [2.45, 2.75) is 9.92 Å². The van der Waals surface area contributed by atoms with Gasteiger partial charge in [0, 0.05) is 34.6 Å². The molecule has 0 unspecified atom stereocenters. The number of aromatic amines is 2. The van der Waals surface area contributed by atoms with Gasteiger partial charge in [0.1, 0.15) is 0 Å². The average Bonchev–Trinajstić information content (AvgIpc) is 3.33. The Morgan fingerprint density at radius 3 is 2.35 bits per heavy atom. The van der Waals surface area contributed by atoms with Gasteiger partial charge < -0.3 is 4.98 Å². The Labute approximate surface area is 155 Å². The molecule has 26 heavy (non-hydrogen) atoms. The molecule has 0 saturated carbocycles. The van der Waals surface area contributed by atoms with Gasteiger partial charge in [0.2, 0.25) is 9.84 Å². The van der Waals surface area contributed by atoms with Crippen molar-refractivity contribution in [3.05, 3.63) is 78.1 Å². The Balaban J connectivity index is 1.75. The third kappa shape index (κ3) is 2.94. The van der Waals surface area contributed by atoms with Crippen LogP contribution in [0.5, 0.6) is 0 Å². The summed E-state index contributed by atoms with van der Waals surface area (Å²) in [6, 6.07) is 17.9. The molecule has 2 N–H and O–H groups in total. The SMILES string of the molecule is O=S(=O)(c1cc(-c2ccc(Cl)cc2)n[nH]1)c1c[nH]cc1-c1ccccc1. The van der Waals surface area contributed by atoms with Crippen molar-refractivity contribution in [1.82, 2.24) is 15.2 Å². The predicted octanol–water partition coefficient (Wildman–Crippen LogP) is 4.56. The first-order valence-corrected chi connectivity index (χ1v) is 9.70. The number of H-pyrrole nitrogens is 2. The molecule has 2 aromatic carbocycles. The normalized spacial score (nSPS) is 11.6. The molecule has 0 saturated heterocycles. The summed E-state index contributed by atoms with van der Waals surface area (Å²) in [6.45, 7) is 0. The molecule has 0 atom stereocenters. The quantitative estimate of drug-likeness (QED) is 0.542. The van der Waals surface area contributed by atoms with Crippen molar-refractivity contribution in [1.29, 1.82) is 0 Å². The van der Waals surface area contributed by atoms with Gasteiger partial charge in [-0.15, -0.1) is 0 Å². The molecule has 4 rings (SSSR count). The Kier molecular flexibility index (Phi) is 4.14. The molecule has 0 radical (unpaired) electrons. The van der Waals surface area contributed by atoms with Crippen molar-refractivity contribution in [2.75, 3.05) is 0 Å². The maximum atomic E-state index is 13.1. The first-order valence-electron chi connectivity index (χ1n) is 7.84. The van der Waals surface area contributed by atoms with Gasteiger partial charge in [-0.1, -0.05) is 54.1 Å². The molecule has 4 aromatic rings. The van der Waals surface area contributed by atoms with Crippen molar-refractivity contribution in [3.8, 4) is 22.4 Å². The molecule has 7 heteroatoms. The second-order valence-electron chi connectivity index (χ2n) is 5.73. The van der Waals surface area contributed by atoms with Crippen LogP contribution in [0.4, 0.5) is 0 Å². The molecule has 0 aliphatic carbocycles. The first kappa shape index (κ1) is 16.6. The standard InChI is InChI=1S/C19H14ClN3O2S/c20-15-8-6-14(7-9-15)17-10-19(23-22-17)26(24,25)18-12-21-11-16(18)13-4-2-1-3-5-13/h1-12,21H,(H,22,23). The van der Waals surface area contributed by atoms with Crippen molar-refractivity contribution in [3.63, 3.8) is 0 Å². The van der Waals surface area contributed by atoms with E-state index >= 15 is 0 Å². The molecule has 0 aliphatic heterocycles. The molecule has 0 bridgehead atoms. The number of nitrogens with one attached hydrogen (secondary N) is 2. The van der Waals surface area contributed by atoms with Crippen LogP contribution in [-0.4, -0.2) is 23.6 Å². The van der Waals surface area contributed by atoms with Crippen molar-refractivity contribution in [2.24, 2.45) is 0 Å². The van der Waals surface area contributed by atoms with E-state index in [2.05, 4.69) is 15.2 Å². The van der Waals surface area contributed by atoms with Crippen LogP contribution in [-0.2, 0) is 9.84 Å². The van der Waals surface area contributed by atoms with Crippen LogP contribution in [0.3, 0.4) is 0 Å². The summed E-state index contributed by atoms with van der Waals surface area (Å²) >= 11 is 5.89. The third-order valence-electron chi connectivity index (χ3n) is 4.07. The molecule has 0 spiro atoms. The maximum absolute atomic E-state index is 13.1. The van der Waals surface area contributed by atoms with Crippen LogP contribution < -0.4 is 0 Å². The first-order chi connectivity index (χ1) is 12.6. The Hall–Kier alpha value is -2.83. The fraction of sp³-hybridized carbons (Fsp3) is 0. The molecular weight excluding hydrogens is 370 g/mol. The van der Waals surface area contributed by atoms with E-state index in [-0.39, 0.29) is 9.92 Å². The topological polar surface area (TPSA) is 78.6 Å². The minimum atomic E-state index is -3.75. The number of rotatable bonds is 4. The predicted molar refractivity (Wildman–Crippen MR) is 101 cm³/mol. The highest BCUT2D eigenvalue weighted by Crippen LogP contribution is 2.32. The maximum Gasteiger partial charge on any atom is 0.225 e. The second-order valence-corrected chi connectivity index (χ2v) is 8.05. The van der Waals surface area contributed by atoms with Gasteiger partial charge in [-0.05, 0) is 17.7 Å². The van der Waals surface area contributed by atoms with Gasteiger partial charge in [-0.2, -0.15) is 5.10 Å². The van der Waals surface area contributed by atoms with Crippen molar-refractivity contribution >= 4 is 21.4 Å². The number of benzene rings is 2. The van der Waals surface area contributed by atoms with Crippen LogP contribution in [0.2, 0.25) is 5.02 Å². The van der Waals surface area contributed by atoms with E-state index in [0.29, 0.717) is 16.3 Å². The lowest BCUT2D eigenvalue weighted by Crippen LogP contribution is -2.02. The summed E-state index contributed by atoms with van der Waals surface area (Å²) in [5, 5.41) is 7.43. The summed E-state index contributed by atoms with van der Waals surface area (Å²) in [5.41, 5.74) is 2.76. The number of hydrogen-bond donors (Lipinski definition) is 2.